The second-order valence-corrected chi connectivity index (χ2v) is 15.6. The van der Waals surface area contributed by atoms with Gasteiger partial charge in [-0.2, -0.15) is 0 Å². The molecule has 2 saturated heterocycles. The van der Waals surface area contributed by atoms with Crippen LogP contribution in [0.15, 0.2) is 47.0 Å². The van der Waals surface area contributed by atoms with Crippen molar-refractivity contribution in [2.24, 2.45) is 11.8 Å². The van der Waals surface area contributed by atoms with Crippen LogP contribution in [0.5, 0.6) is 0 Å². The van der Waals surface area contributed by atoms with Gasteiger partial charge in [-0.1, -0.05) is 39.8 Å². The molecule has 0 saturated carbocycles. The summed E-state index contributed by atoms with van der Waals surface area (Å²) >= 11 is 0. The van der Waals surface area contributed by atoms with E-state index in [2.05, 4.69) is 31.7 Å². The normalized spacial score (nSPS) is 18.3. The Morgan fingerprint density at radius 1 is 0.807 bits per heavy atom. The molecular formula is C41H47N9O7. The van der Waals surface area contributed by atoms with Crippen LogP contribution in [0.25, 0.3) is 55.4 Å². The molecule has 4 N–H and O–H groups in total. The molecule has 0 spiro atoms. The maximum absolute atomic E-state index is 13.7. The van der Waals surface area contributed by atoms with E-state index in [9.17, 15) is 19.2 Å². The molecule has 7 heterocycles. The van der Waals surface area contributed by atoms with Crippen molar-refractivity contribution >= 4 is 67.9 Å². The highest BCUT2D eigenvalue weighted by molar-refractivity contribution is 6.05. The molecule has 0 radical (unpaired) electrons. The molecule has 16 nitrogen and oxygen atoms in total. The summed E-state index contributed by atoms with van der Waals surface area (Å²) in [7, 11) is 2.57. The van der Waals surface area contributed by atoms with Crippen LogP contribution in [-0.2, 0) is 19.1 Å². The van der Waals surface area contributed by atoms with E-state index in [-0.39, 0.29) is 35.7 Å². The van der Waals surface area contributed by atoms with Gasteiger partial charge in [-0.15, -0.1) is 0 Å². The number of hydrogen-bond acceptors (Lipinski definition) is 10. The maximum Gasteiger partial charge on any atom is 0.407 e. The number of nitrogens with one attached hydrogen (secondary N) is 4. The number of ether oxygens (including phenoxy) is 2. The molecule has 6 aromatic rings. The fourth-order valence-corrected chi connectivity index (χ4v) is 8.30. The molecule has 298 valence electrons. The largest absolute Gasteiger partial charge is 0.453 e. The van der Waals surface area contributed by atoms with E-state index in [1.807, 2.05) is 62.9 Å². The summed E-state index contributed by atoms with van der Waals surface area (Å²) in [6, 6.07) is 9.99. The lowest BCUT2D eigenvalue weighted by Gasteiger charge is -2.30. The number of likely N-dealkylation sites (tertiary alicyclic amines) is 2. The van der Waals surface area contributed by atoms with Crippen molar-refractivity contribution in [1.29, 1.82) is 0 Å². The number of imidazole rings is 1. The van der Waals surface area contributed by atoms with Crippen LogP contribution in [0.4, 0.5) is 9.59 Å². The lowest BCUT2D eigenvalue weighted by molar-refractivity contribution is -0.136. The third-order valence-electron chi connectivity index (χ3n) is 11.3. The first-order valence-electron chi connectivity index (χ1n) is 19.5. The van der Waals surface area contributed by atoms with E-state index in [0.717, 1.165) is 58.6 Å². The van der Waals surface area contributed by atoms with Crippen molar-refractivity contribution in [1.82, 2.24) is 45.4 Å². The second kappa shape index (κ2) is 15.0. The number of methoxy groups -OCH3 is 2. The summed E-state index contributed by atoms with van der Waals surface area (Å²) in [6.45, 7) is 8.72. The fourth-order valence-electron chi connectivity index (χ4n) is 8.30. The molecule has 0 bridgehead atoms. The van der Waals surface area contributed by atoms with Crippen molar-refractivity contribution in [3.8, 4) is 11.5 Å². The molecule has 4 amide bonds. The third kappa shape index (κ3) is 6.86. The van der Waals surface area contributed by atoms with Gasteiger partial charge < -0.3 is 44.3 Å². The molecule has 1 aromatic carbocycles. The van der Waals surface area contributed by atoms with Gasteiger partial charge in [0, 0.05) is 34.9 Å². The number of pyridine rings is 2. The van der Waals surface area contributed by atoms with Gasteiger partial charge in [0.25, 0.3) is 0 Å². The molecular weight excluding hydrogens is 731 g/mol. The minimum absolute atomic E-state index is 0.120. The number of alkyl carbamates (subject to hydrolysis) is 2. The van der Waals surface area contributed by atoms with Gasteiger partial charge in [0.15, 0.2) is 17.0 Å². The Morgan fingerprint density at radius 3 is 2.09 bits per heavy atom. The average molecular weight is 778 g/mol. The number of rotatable bonds is 9. The number of carbonyl (C=O) groups is 4. The SMILES string of the molecule is COC(=O)N[C@H](C(=O)N1CCC[C@H]1c1cc2ccc3cc(-c4ccc5c(ncc6[nH]c([C@@H]7CCCN7C(=O)[C@@H](NC(=O)OC)C(C)C)nc65)n4)oc3c2[nH]1)C(C)C. The summed E-state index contributed by atoms with van der Waals surface area (Å²) in [5, 5.41) is 8.02. The molecule has 5 aromatic heterocycles. The van der Waals surface area contributed by atoms with Crippen LogP contribution >= 0.6 is 0 Å². The Kier molecular flexibility index (Phi) is 9.96. The van der Waals surface area contributed by atoms with Crippen molar-refractivity contribution in [3.05, 3.63) is 54.1 Å². The monoisotopic (exact) mass is 777 g/mol. The number of fused-ring (bicyclic) bond motifs is 6. The molecule has 0 unspecified atom stereocenters. The van der Waals surface area contributed by atoms with Crippen molar-refractivity contribution in [2.75, 3.05) is 27.3 Å². The predicted octanol–water partition coefficient (Wildman–Crippen LogP) is 6.49. The minimum Gasteiger partial charge on any atom is -0.453 e. The number of aromatic nitrogens is 5. The number of nitrogens with zero attached hydrogens (tertiary/aromatic N) is 5. The number of hydrogen-bond donors (Lipinski definition) is 4. The minimum atomic E-state index is -0.727. The Balaban J connectivity index is 1.06. The number of carbonyl (C=O) groups excluding carboxylic acids is 4. The highest BCUT2D eigenvalue weighted by Crippen LogP contribution is 2.39. The summed E-state index contributed by atoms with van der Waals surface area (Å²) in [5.74, 6) is 0.664. The lowest BCUT2D eigenvalue weighted by Crippen LogP contribution is -2.51. The van der Waals surface area contributed by atoms with Crippen LogP contribution in [0.1, 0.15) is 77.0 Å². The summed E-state index contributed by atoms with van der Waals surface area (Å²) < 4.78 is 16.1. The molecule has 2 aliphatic heterocycles. The molecule has 4 atom stereocenters. The van der Waals surface area contributed by atoms with Gasteiger partial charge in [-0.05, 0) is 61.8 Å². The van der Waals surface area contributed by atoms with Gasteiger partial charge in [0.05, 0.1) is 43.5 Å². The number of amides is 4. The smallest absolute Gasteiger partial charge is 0.407 e. The standard InChI is InChI=1S/C41H47N9O7/c1-20(2)31(47-40(53)55-5)38(51)49-15-7-9-28(49)26-17-22-11-12-23-18-30(57-35(23)33(22)43-26)25-14-13-24-34-27(19-42-36(24)44-25)45-37(46-34)29-10-8-16-50(29)39(52)32(21(3)4)48-41(54)56-6/h11-14,17-21,28-29,31-32,43H,7-10,15-16H2,1-6H3,(H,45,46)(H,47,53)(H,48,54)/t28-,29-,31-,32-/m0/s1. The Labute approximate surface area is 328 Å². The van der Waals surface area contributed by atoms with Crippen LogP contribution in [-0.4, -0.2) is 98.1 Å². The van der Waals surface area contributed by atoms with Crippen molar-refractivity contribution in [2.45, 2.75) is 77.5 Å². The quantitative estimate of drug-likeness (QED) is 0.126. The number of H-pyrrole nitrogens is 2. The number of furan rings is 1. The van der Waals surface area contributed by atoms with Crippen LogP contribution in [0.2, 0.25) is 0 Å². The second-order valence-electron chi connectivity index (χ2n) is 15.6. The average Bonchev–Trinajstić information content (AvgIpc) is 4.05. The highest BCUT2D eigenvalue weighted by atomic mass is 16.5. The predicted molar refractivity (Wildman–Crippen MR) is 212 cm³/mol. The van der Waals surface area contributed by atoms with Crippen molar-refractivity contribution < 1.29 is 33.1 Å². The van der Waals surface area contributed by atoms with E-state index in [0.29, 0.717) is 47.1 Å². The Morgan fingerprint density at radius 2 is 1.44 bits per heavy atom. The van der Waals surface area contributed by atoms with Crippen LogP contribution in [0.3, 0.4) is 0 Å². The first kappa shape index (κ1) is 37.7. The van der Waals surface area contributed by atoms with Crippen LogP contribution < -0.4 is 10.6 Å². The zero-order chi connectivity index (χ0) is 40.1. The molecule has 2 fully saturated rings. The van der Waals surface area contributed by atoms with Gasteiger partial charge in [-0.3, -0.25) is 9.59 Å². The van der Waals surface area contributed by atoms with E-state index in [1.165, 1.54) is 14.2 Å². The molecule has 8 rings (SSSR count). The molecule has 16 heteroatoms. The van der Waals surface area contributed by atoms with Gasteiger partial charge in [0.1, 0.15) is 29.1 Å². The van der Waals surface area contributed by atoms with Gasteiger partial charge in [0.2, 0.25) is 11.8 Å². The summed E-state index contributed by atoms with van der Waals surface area (Å²) in [5.41, 5.74) is 4.95. The highest BCUT2D eigenvalue weighted by Gasteiger charge is 2.39. The number of benzene rings is 1. The van der Waals surface area contributed by atoms with Crippen LogP contribution in [0, 0.1) is 11.8 Å². The lowest BCUT2D eigenvalue weighted by atomic mass is 10.0. The Hall–Kier alpha value is -6.19. The first-order chi connectivity index (χ1) is 27.4. The third-order valence-corrected chi connectivity index (χ3v) is 11.3. The molecule has 57 heavy (non-hydrogen) atoms. The van der Waals surface area contributed by atoms with Gasteiger partial charge in [-0.25, -0.2) is 24.5 Å². The first-order valence-corrected chi connectivity index (χ1v) is 19.5. The van der Waals surface area contributed by atoms with Crippen molar-refractivity contribution in [3.63, 3.8) is 0 Å². The van der Waals surface area contributed by atoms with E-state index in [1.54, 1.807) is 11.1 Å². The van der Waals surface area contributed by atoms with Gasteiger partial charge >= 0.3 is 12.2 Å². The number of aromatic amines is 2. The summed E-state index contributed by atoms with van der Waals surface area (Å²) in [4.78, 5) is 76.6. The van der Waals surface area contributed by atoms with E-state index < -0.39 is 24.3 Å². The van der Waals surface area contributed by atoms with E-state index in [4.69, 9.17) is 23.9 Å². The zero-order valence-corrected chi connectivity index (χ0v) is 32.8. The summed E-state index contributed by atoms with van der Waals surface area (Å²) in [6.07, 6.45) is 3.60. The van der Waals surface area contributed by atoms with E-state index >= 15 is 0 Å². The Bertz CT molecular complexity index is 2520. The zero-order valence-electron chi connectivity index (χ0n) is 32.8. The molecule has 0 aliphatic carbocycles. The molecule has 2 aliphatic rings. The maximum atomic E-state index is 13.7. The topological polar surface area (TPSA) is 201 Å². The fraction of sp³-hybridized carbons (Fsp3) is 0.439.